The summed E-state index contributed by atoms with van der Waals surface area (Å²) in [6.45, 7) is 9.40. The van der Waals surface area contributed by atoms with Crippen LogP contribution in [0.4, 0.5) is 0 Å². The Balaban J connectivity index is 2.91. The fourth-order valence-electron chi connectivity index (χ4n) is 4.74. The van der Waals surface area contributed by atoms with Crippen molar-refractivity contribution in [2.45, 2.75) is 104 Å². The number of rotatable bonds is 11. The molecule has 0 saturated carbocycles. The number of unbranched alkanes of at least 4 members (excludes halogenated alkanes) is 4. The molecule has 0 aromatic heterocycles. The highest BCUT2D eigenvalue weighted by Crippen LogP contribution is 2.40. The number of carbonyl (C=O) groups is 1. The van der Waals surface area contributed by atoms with Crippen LogP contribution in [0.15, 0.2) is 0 Å². The third-order valence-electron chi connectivity index (χ3n) is 5.84. The standard InChI is InChI=1S/C21H42NO2/c1-6-9-12-15-21-20(14-11-8-3)16-19(13-10-7-2)17-22(21,5)24-18(4)23/h19-21H,6-17H2,1-5H3/q+1. The summed E-state index contributed by atoms with van der Waals surface area (Å²) in [4.78, 5) is 17.7. The molecule has 142 valence electrons. The second kappa shape index (κ2) is 11.1. The maximum atomic E-state index is 11.8. The molecule has 4 unspecified atom stereocenters. The van der Waals surface area contributed by atoms with Gasteiger partial charge >= 0.3 is 5.97 Å². The first kappa shape index (κ1) is 21.5. The Hall–Kier alpha value is -0.570. The normalized spacial score (nSPS) is 30.3. The molecule has 0 amide bonds. The van der Waals surface area contributed by atoms with Gasteiger partial charge in [-0.1, -0.05) is 59.3 Å². The van der Waals surface area contributed by atoms with Crippen LogP contribution in [0, 0.1) is 11.8 Å². The summed E-state index contributed by atoms with van der Waals surface area (Å²) in [6, 6.07) is 0.491. The summed E-state index contributed by atoms with van der Waals surface area (Å²) < 4.78 is 0.530. The summed E-state index contributed by atoms with van der Waals surface area (Å²) in [6.07, 6.45) is 14.0. The minimum atomic E-state index is -0.122. The van der Waals surface area contributed by atoms with Crippen molar-refractivity contribution in [1.82, 2.24) is 0 Å². The van der Waals surface area contributed by atoms with E-state index in [9.17, 15) is 4.79 Å². The first-order valence-corrected chi connectivity index (χ1v) is 10.5. The Morgan fingerprint density at radius 2 is 1.58 bits per heavy atom. The number of hydrogen-bond donors (Lipinski definition) is 0. The molecule has 3 heteroatoms. The third kappa shape index (κ3) is 6.74. The molecule has 0 aromatic carbocycles. The first-order chi connectivity index (χ1) is 11.5. The lowest BCUT2D eigenvalue weighted by Crippen LogP contribution is -2.61. The minimum absolute atomic E-state index is 0.122. The molecule has 0 bridgehead atoms. The first-order valence-electron chi connectivity index (χ1n) is 10.5. The molecule has 0 aromatic rings. The summed E-state index contributed by atoms with van der Waals surface area (Å²) in [5.74, 6) is 1.30. The predicted molar refractivity (Wildman–Crippen MR) is 101 cm³/mol. The van der Waals surface area contributed by atoms with Gasteiger partial charge in [-0.15, -0.1) is 4.65 Å². The molecule has 24 heavy (non-hydrogen) atoms. The fourth-order valence-corrected chi connectivity index (χ4v) is 4.74. The second-order valence-corrected chi connectivity index (χ2v) is 8.15. The van der Waals surface area contributed by atoms with Crippen LogP contribution in [0.25, 0.3) is 0 Å². The van der Waals surface area contributed by atoms with Crippen molar-refractivity contribution in [1.29, 1.82) is 0 Å². The lowest BCUT2D eigenvalue weighted by atomic mass is 9.76. The van der Waals surface area contributed by atoms with E-state index in [0.29, 0.717) is 22.5 Å². The van der Waals surface area contributed by atoms with Crippen molar-refractivity contribution >= 4 is 5.97 Å². The number of nitrogens with zero attached hydrogens (tertiary/aromatic N) is 1. The maximum absolute atomic E-state index is 11.8. The topological polar surface area (TPSA) is 26.3 Å². The fraction of sp³-hybridized carbons (Fsp3) is 0.952. The molecule has 0 spiro atoms. The Morgan fingerprint density at radius 3 is 2.17 bits per heavy atom. The van der Waals surface area contributed by atoms with Crippen LogP contribution in [0.1, 0.15) is 98.3 Å². The third-order valence-corrected chi connectivity index (χ3v) is 5.84. The molecule has 0 radical (unpaired) electrons. The number of piperidine rings is 1. The summed E-state index contributed by atoms with van der Waals surface area (Å²) >= 11 is 0. The van der Waals surface area contributed by atoms with Gasteiger partial charge in [-0.3, -0.25) is 4.84 Å². The van der Waals surface area contributed by atoms with Gasteiger partial charge in [0.05, 0.1) is 0 Å². The molecule has 1 rings (SSSR count). The average Bonchev–Trinajstić information content (AvgIpc) is 2.52. The molecule has 0 N–H and O–H groups in total. The van der Waals surface area contributed by atoms with Crippen molar-refractivity contribution in [2.24, 2.45) is 11.8 Å². The predicted octanol–water partition coefficient (Wildman–Crippen LogP) is 5.88. The quantitative estimate of drug-likeness (QED) is 0.347. The number of likely N-dealkylation sites (tertiary alicyclic amines) is 1. The number of hydrogen-bond acceptors (Lipinski definition) is 2. The lowest BCUT2D eigenvalue weighted by molar-refractivity contribution is -1.10. The van der Waals surface area contributed by atoms with Gasteiger partial charge < -0.3 is 0 Å². The zero-order valence-corrected chi connectivity index (χ0v) is 17.0. The van der Waals surface area contributed by atoms with Crippen LogP contribution in [-0.2, 0) is 9.63 Å². The highest BCUT2D eigenvalue weighted by molar-refractivity contribution is 5.65. The van der Waals surface area contributed by atoms with E-state index >= 15 is 0 Å². The van der Waals surface area contributed by atoms with Gasteiger partial charge in [0, 0.05) is 25.2 Å². The van der Waals surface area contributed by atoms with Gasteiger partial charge in [0.25, 0.3) is 0 Å². The van der Waals surface area contributed by atoms with Gasteiger partial charge in [-0.25, -0.2) is 4.79 Å². The van der Waals surface area contributed by atoms with Crippen LogP contribution in [0.2, 0.25) is 0 Å². The van der Waals surface area contributed by atoms with E-state index in [1.54, 1.807) is 6.92 Å². The molecule has 1 aliphatic rings. The number of quaternary nitrogens is 1. The molecule has 1 heterocycles. The van der Waals surface area contributed by atoms with Crippen LogP contribution in [0.3, 0.4) is 0 Å². The molecule has 1 saturated heterocycles. The Labute approximate surface area is 150 Å². The zero-order chi connectivity index (χ0) is 18.0. The average molecular weight is 341 g/mol. The van der Waals surface area contributed by atoms with Crippen LogP contribution >= 0.6 is 0 Å². The van der Waals surface area contributed by atoms with E-state index in [1.807, 2.05) is 0 Å². The molecule has 4 atom stereocenters. The summed E-state index contributed by atoms with van der Waals surface area (Å²) in [7, 11) is 2.18. The monoisotopic (exact) mass is 340 g/mol. The Kier molecular flexibility index (Phi) is 9.95. The molecular weight excluding hydrogens is 298 g/mol. The largest absolute Gasteiger partial charge is 0.363 e. The molecule has 1 fully saturated rings. The van der Waals surface area contributed by atoms with Gasteiger partial charge in [0.15, 0.2) is 0 Å². The molecule has 3 nitrogen and oxygen atoms in total. The summed E-state index contributed by atoms with van der Waals surface area (Å²) in [5.41, 5.74) is 0. The van der Waals surface area contributed by atoms with E-state index < -0.39 is 0 Å². The van der Waals surface area contributed by atoms with Gasteiger partial charge in [0.2, 0.25) is 0 Å². The smallest absolute Gasteiger partial charge is 0.277 e. The second-order valence-electron chi connectivity index (χ2n) is 8.15. The van der Waals surface area contributed by atoms with Crippen molar-refractivity contribution in [3.63, 3.8) is 0 Å². The van der Waals surface area contributed by atoms with E-state index in [0.717, 1.165) is 6.54 Å². The Morgan fingerprint density at radius 1 is 0.958 bits per heavy atom. The maximum Gasteiger partial charge on any atom is 0.363 e. The van der Waals surface area contributed by atoms with E-state index in [4.69, 9.17) is 4.84 Å². The van der Waals surface area contributed by atoms with Crippen molar-refractivity contribution in [3.05, 3.63) is 0 Å². The van der Waals surface area contributed by atoms with Gasteiger partial charge in [-0.05, 0) is 25.7 Å². The van der Waals surface area contributed by atoms with Crippen LogP contribution in [0.5, 0.6) is 0 Å². The highest BCUT2D eigenvalue weighted by Gasteiger charge is 2.48. The van der Waals surface area contributed by atoms with E-state index in [-0.39, 0.29) is 5.97 Å². The zero-order valence-electron chi connectivity index (χ0n) is 17.0. The van der Waals surface area contributed by atoms with Crippen molar-refractivity contribution in [2.75, 3.05) is 13.6 Å². The van der Waals surface area contributed by atoms with Crippen LogP contribution in [-0.4, -0.2) is 30.2 Å². The highest BCUT2D eigenvalue weighted by atomic mass is 16.7. The Bertz CT molecular complexity index is 358. The van der Waals surface area contributed by atoms with Crippen molar-refractivity contribution < 1.29 is 14.3 Å². The lowest BCUT2D eigenvalue weighted by Gasteiger charge is -2.48. The van der Waals surface area contributed by atoms with Gasteiger partial charge in [0.1, 0.15) is 19.6 Å². The molecular formula is C21H42NO2+. The number of hydroxylamine groups is 3. The van der Waals surface area contributed by atoms with Gasteiger partial charge in [-0.2, -0.15) is 0 Å². The SMILES string of the molecule is CCCCCC1C(CCCC)CC(CCCC)C[N+]1(C)OC(C)=O. The molecule has 1 aliphatic heterocycles. The minimum Gasteiger partial charge on any atom is -0.277 e. The van der Waals surface area contributed by atoms with Crippen molar-refractivity contribution in [3.8, 4) is 0 Å². The van der Waals surface area contributed by atoms with Crippen LogP contribution < -0.4 is 0 Å². The molecule has 0 aliphatic carbocycles. The van der Waals surface area contributed by atoms with E-state index in [2.05, 4.69) is 27.8 Å². The summed E-state index contributed by atoms with van der Waals surface area (Å²) in [5, 5.41) is 0. The van der Waals surface area contributed by atoms with E-state index in [1.165, 1.54) is 70.6 Å². The number of carbonyl (C=O) groups excluding carboxylic acids is 1.